The molecular weight excluding hydrogens is 388 g/mol. The lowest BCUT2D eigenvalue weighted by Crippen LogP contribution is -2.43. The van der Waals surface area contributed by atoms with E-state index in [2.05, 4.69) is 6.92 Å². The van der Waals surface area contributed by atoms with Crippen molar-refractivity contribution in [2.75, 3.05) is 20.1 Å². The number of benzene rings is 2. The average molecular weight is 425 g/mol. The van der Waals surface area contributed by atoms with Crippen molar-refractivity contribution in [1.29, 1.82) is 0 Å². The van der Waals surface area contributed by atoms with Crippen LogP contribution in [0.1, 0.15) is 62.1 Å². The fourth-order valence-electron chi connectivity index (χ4n) is 4.43. The normalized spacial score (nSPS) is 14.0. The molecular formula is C26H36N2O3. The van der Waals surface area contributed by atoms with E-state index in [-0.39, 0.29) is 17.5 Å². The molecule has 168 valence electrons. The number of phenols is 2. The van der Waals surface area contributed by atoms with Crippen LogP contribution in [0.4, 0.5) is 4.79 Å². The molecule has 2 aromatic rings. The van der Waals surface area contributed by atoms with E-state index in [0.717, 1.165) is 73.9 Å². The number of hydrogen-bond acceptors (Lipinski definition) is 3. The topological polar surface area (TPSA) is 64.0 Å². The Kier molecular flexibility index (Phi) is 7.83. The number of aromatic hydroxyl groups is 2. The van der Waals surface area contributed by atoms with Crippen LogP contribution in [0.3, 0.4) is 0 Å². The lowest BCUT2D eigenvalue weighted by Gasteiger charge is -2.31. The lowest BCUT2D eigenvalue weighted by molar-refractivity contribution is 0.150. The Labute approximate surface area is 186 Å². The molecule has 0 bridgehead atoms. The van der Waals surface area contributed by atoms with Gasteiger partial charge in [-0.05, 0) is 56.2 Å². The first-order valence-electron chi connectivity index (χ1n) is 11.6. The molecule has 1 saturated heterocycles. The number of carbonyl (C=O) groups excluding carboxylic acids is 1. The minimum absolute atomic E-state index is 0.00351. The number of phenolic OH excluding ortho intramolecular Hbond substituents is 2. The molecule has 31 heavy (non-hydrogen) atoms. The van der Waals surface area contributed by atoms with Gasteiger partial charge in [0.05, 0.1) is 12.1 Å². The standard InChI is InChI=1S/C26H36N2O3/c1-4-5-7-12-20-17-23(29)24(21-13-10-11-19(2)16-21)25(30)22(20)18-27(3)26(31)28-14-8-6-9-15-28/h10-11,13,16-17,29-30H,4-9,12,14-15,18H2,1-3H3. The Bertz CT molecular complexity index is 904. The third kappa shape index (κ3) is 5.52. The lowest BCUT2D eigenvalue weighted by atomic mass is 9.92. The molecule has 0 saturated carbocycles. The summed E-state index contributed by atoms with van der Waals surface area (Å²) in [5.41, 5.74) is 3.93. The zero-order valence-electron chi connectivity index (χ0n) is 19.2. The van der Waals surface area contributed by atoms with Crippen molar-refractivity contribution in [2.24, 2.45) is 0 Å². The predicted molar refractivity (Wildman–Crippen MR) is 125 cm³/mol. The van der Waals surface area contributed by atoms with Gasteiger partial charge in [-0.25, -0.2) is 4.79 Å². The summed E-state index contributed by atoms with van der Waals surface area (Å²) in [7, 11) is 1.80. The first-order chi connectivity index (χ1) is 14.9. The Balaban J connectivity index is 1.96. The number of urea groups is 1. The summed E-state index contributed by atoms with van der Waals surface area (Å²) in [6, 6.07) is 9.54. The third-order valence-corrected chi connectivity index (χ3v) is 6.18. The molecule has 0 aliphatic carbocycles. The Morgan fingerprint density at radius 2 is 1.84 bits per heavy atom. The van der Waals surface area contributed by atoms with Crippen LogP contribution in [0.2, 0.25) is 0 Å². The van der Waals surface area contributed by atoms with E-state index in [0.29, 0.717) is 12.1 Å². The summed E-state index contributed by atoms with van der Waals surface area (Å²) in [5.74, 6) is 0.166. The van der Waals surface area contributed by atoms with E-state index in [1.165, 1.54) is 6.42 Å². The van der Waals surface area contributed by atoms with Crippen molar-refractivity contribution in [2.45, 2.75) is 65.3 Å². The van der Waals surface area contributed by atoms with Gasteiger partial charge >= 0.3 is 6.03 Å². The van der Waals surface area contributed by atoms with Gasteiger partial charge in [0.2, 0.25) is 0 Å². The van der Waals surface area contributed by atoms with Crippen LogP contribution >= 0.6 is 0 Å². The molecule has 0 unspecified atom stereocenters. The molecule has 5 heteroatoms. The van der Waals surface area contributed by atoms with Crippen molar-refractivity contribution >= 4 is 6.03 Å². The SMILES string of the molecule is CCCCCc1cc(O)c(-c2cccc(C)c2)c(O)c1CN(C)C(=O)N1CCCCC1. The molecule has 0 radical (unpaired) electrons. The summed E-state index contributed by atoms with van der Waals surface area (Å²) in [5, 5.41) is 22.1. The van der Waals surface area contributed by atoms with Gasteiger partial charge in [0.25, 0.3) is 0 Å². The zero-order valence-corrected chi connectivity index (χ0v) is 19.2. The van der Waals surface area contributed by atoms with Crippen LogP contribution < -0.4 is 0 Å². The molecule has 1 aliphatic heterocycles. The van der Waals surface area contributed by atoms with E-state index in [9.17, 15) is 15.0 Å². The highest BCUT2D eigenvalue weighted by Gasteiger charge is 2.24. The maximum absolute atomic E-state index is 13.0. The first-order valence-corrected chi connectivity index (χ1v) is 11.6. The number of unbranched alkanes of at least 4 members (excludes halogenated alkanes) is 2. The average Bonchev–Trinajstić information content (AvgIpc) is 2.76. The summed E-state index contributed by atoms with van der Waals surface area (Å²) in [6.07, 6.45) is 7.20. The largest absolute Gasteiger partial charge is 0.507 e. The minimum Gasteiger partial charge on any atom is -0.507 e. The molecule has 3 rings (SSSR count). The predicted octanol–water partition coefficient (Wildman–Crippen LogP) is 5.84. The van der Waals surface area contributed by atoms with Crippen molar-refractivity contribution < 1.29 is 15.0 Å². The van der Waals surface area contributed by atoms with Crippen LogP contribution in [-0.2, 0) is 13.0 Å². The molecule has 1 fully saturated rings. The van der Waals surface area contributed by atoms with Gasteiger partial charge in [-0.15, -0.1) is 0 Å². The molecule has 0 atom stereocenters. The number of likely N-dealkylation sites (tertiary alicyclic amines) is 1. The molecule has 2 amide bonds. The summed E-state index contributed by atoms with van der Waals surface area (Å²) < 4.78 is 0. The number of aryl methyl sites for hydroxylation is 2. The number of amides is 2. The molecule has 2 N–H and O–H groups in total. The Morgan fingerprint density at radius 1 is 1.10 bits per heavy atom. The minimum atomic E-state index is 0.00351. The summed E-state index contributed by atoms with van der Waals surface area (Å²) >= 11 is 0. The van der Waals surface area contributed by atoms with Gasteiger partial charge in [0, 0.05) is 25.7 Å². The molecule has 0 spiro atoms. The fraction of sp³-hybridized carbons (Fsp3) is 0.500. The molecule has 5 nitrogen and oxygen atoms in total. The fourth-order valence-corrected chi connectivity index (χ4v) is 4.43. The molecule has 2 aromatic carbocycles. The monoisotopic (exact) mass is 424 g/mol. The number of rotatable bonds is 7. The van der Waals surface area contributed by atoms with E-state index >= 15 is 0 Å². The quantitative estimate of drug-likeness (QED) is 0.549. The van der Waals surface area contributed by atoms with Gasteiger partial charge in [0.1, 0.15) is 11.5 Å². The van der Waals surface area contributed by atoms with Gasteiger partial charge < -0.3 is 20.0 Å². The Morgan fingerprint density at radius 3 is 2.52 bits per heavy atom. The van der Waals surface area contributed by atoms with Gasteiger partial charge in [-0.3, -0.25) is 0 Å². The molecule has 0 aromatic heterocycles. The maximum atomic E-state index is 13.0. The zero-order chi connectivity index (χ0) is 22.4. The van der Waals surface area contributed by atoms with Crippen LogP contribution in [0.5, 0.6) is 11.5 Å². The van der Waals surface area contributed by atoms with Crippen molar-refractivity contribution in [1.82, 2.24) is 9.80 Å². The summed E-state index contributed by atoms with van der Waals surface area (Å²) in [6.45, 7) is 6.05. The van der Waals surface area contributed by atoms with Gasteiger partial charge in [-0.1, -0.05) is 49.6 Å². The van der Waals surface area contributed by atoms with E-state index in [1.807, 2.05) is 36.1 Å². The number of hydrogen-bond donors (Lipinski definition) is 2. The second-order valence-electron chi connectivity index (χ2n) is 8.77. The third-order valence-electron chi connectivity index (χ3n) is 6.18. The van der Waals surface area contributed by atoms with Crippen LogP contribution in [0, 0.1) is 6.92 Å². The highest BCUT2D eigenvalue weighted by molar-refractivity contribution is 5.80. The first kappa shape index (κ1) is 23.0. The molecule has 1 heterocycles. The van der Waals surface area contributed by atoms with Crippen molar-refractivity contribution in [3.8, 4) is 22.6 Å². The number of carbonyl (C=O) groups is 1. The van der Waals surface area contributed by atoms with Gasteiger partial charge in [0.15, 0.2) is 0 Å². The van der Waals surface area contributed by atoms with Crippen LogP contribution in [-0.4, -0.2) is 46.2 Å². The second-order valence-corrected chi connectivity index (χ2v) is 8.77. The highest BCUT2D eigenvalue weighted by atomic mass is 16.3. The number of piperidine rings is 1. The molecule has 1 aliphatic rings. The van der Waals surface area contributed by atoms with Crippen molar-refractivity contribution in [3.05, 3.63) is 47.0 Å². The summed E-state index contributed by atoms with van der Waals surface area (Å²) in [4.78, 5) is 16.6. The highest BCUT2D eigenvalue weighted by Crippen LogP contribution is 2.42. The van der Waals surface area contributed by atoms with Crippen LogP contribution in [0.25, 0.3) is 11.1 Å². The van der Waals surface area contributed by atoms with E-state index in [1.54, 1.807) is 18.0 Å². The maximum Gasteiger partial charge on any atom is 0.320 e. The van der Waals surface area contributed by atoms with Crippen molar-refractivity contribution in [3.63, 3.8) is 0 Å². The number of nitrogens with zero attached hydrogens (tertiary/aromatic N) is 2. The van der Waals surface area contributed by atoms with Crippen LogP contribution in [0.15, 0.2) is 30.3 Å². The smallest absolute Gasteiger partial charge is 0.320 e. The van der Waals surface area contributed by atoms with E-state index in [4.69, 9.17) is 0 Å². The second kappa shape index (κ2) is 10.6. The van der Waals surface area contributed by atoms with Gasteiger partial charge in [-0.2, -0.15) is 0 Å². The van der Waals surface area contributed by atoms with E-state index < -0.39 is 0 Å². The Hall–Kier alpha value is -2.69.